The van der Waals surface area contributed by atoms with Gasteiger partial charge in [-0.2, -0.15) is 0 Å². The van der Waals surface area contributed by atoms with E-state index in [1.807, 2.05) is 20.8 Å². The van der Waals surface area contributed by atoms with E-state index in [1.54, 1.807) is 0 Å². The molecule has 0 aromatic heterocycles. The maximum Gasteiger partial charge on any atom is 0.312 e. The largest absolute Gasteiger partial charge is 0.446 e. The predicted molar refractivity (Wildman–Crippen MR) is 51.2 cm³/mol. The SMILES string of the molecule is CC1CCC(OC(=O)C(C)(C)C)N1. The first-order valence-corrected chi connectivity index (χ1v) is 4.87. The molecular weight excluding hydrogens is 166 g/mol. The lowest BCUT2D eigenvalue weighted by Gasteiger charge is -2.20. The van der Waals surface area contributed by atoms with Crippen molar-refractivity contribution >= 4 is 5.97 Å². The van der Waals surface area contributed by atoms with Gasteiger partial charge in [0.2, 0.25) is 0 Å². The van der Waals surface area contributed by atoms with Gasteiger partial charge in [-0.1, -0.05) is 0 Å². The molecule has 13 heavy (non-hydrogen) atoms. The number of ether oxygens (including phenoxy) is 1. The van der Waals surface area contributed by atoms with Gasteiger partial charge in [0.25, 0.3) is 0 Å². The van der Waals surface area contributed by atoms with Gasteiger partial charge in [-0.25, -0.2) is 0 Å². The van der Waals surface area contributed by atoms with Gasteiger partial charge >= 0.3 is 5.97 Å². The Morgan fingerprint density at radius 2 is 2.00 bits per heavy atom. The van der Waals surface area contributed by atoms with Crippen molar-refractivity contribution in [3.8, 4) is 0 Å². The number of hydrogen-bond acceptors (Lipinski definition) is 3. The van der Waals surface area contributed by atoms with Gasteiger partial charge in [0.05, 0.1) is 5.41 Å². The van der Waals surface area contributed by atoms with Gasteiger partial charge in [-0.15, -0.1) is 0 Å². The summed E-state index contributed by atoms with van der Waals surface area (Å²) in [5, 5.41) is 3.21. The molecule has 3 heteroatoms. The van der Waals surface area contributed by atoms with Crippen molar-refractivity contribution in [1.29, 1.82) is 0 Å². The van der Waals surface area contributed by atoms with E-state index in [9.17, 15) is 4.79 Å². The normalized spacial score (nSPS) is 28.9. The number of rotatable bonds is 1. The average Bonchev–Trinajstić information content (AvgIpc) is 2.33. The fourth-order valence-corrected chi connectivity index (χ4v) is 1.28. The lowest BCUT2D eigenvalue weighted by atomic mass is 9.97. The van der Waals surface area contributed by atoms with Crippen molar-refractivity contribution in [2.45, 2.75) is 52.8 Å². The minimum Gasteiger partial charge on any atom is -0.446 e. The van der Waals surface area contributed by atoms with Crippen molar-refractivity contribution in [1.82, 2.24) is 5.32 Å². The highest BCUT2D eigenvalue weighted by molar-refractivity contribution is 5.75. The Hall–Kier alpha value is -0.570. The van der Waals surface area contributed by atoms with E-state index >= 15 is 0 Å². The summed E-state index contributed by atoms with van der Waals surface area (Å²) in [5.74, 6) is -0.126. The first kappa shape index (κ1) is 10.5. The zero-order valence-electron chi connectivity index (χ0n) is 8.89. The van der Waals surface area contributed by atoms with Crippen molar-refractivity contribution in [2.24, 2.45) is 5.41 Å². The van der Waals surface area contributed by atoms with Gasteiger partial charge in [-0.3, -0.25) is 10.1 Å². The van der Waals surface area contributed by atoms with E-state index in [0.29, 0.717) is 6.04 Å². The molecular formula is C10H19NO2. The Labute approximate surface area is 79.8 Å². The van der Waals surface area contributed by atoms with Crippen molar-refractivity contribution in [2.75, 3.05) is 0 Å². The molecule has 3 nitrogen and oxygen atoms in total. The van der Waals surface area contributed by atoms with Crippen LogP contribution in [0.1, 0.15) is 40.5 Å². The summed E-state index contributed by atoms with van der Waals surface area (Å²) < 4.78 is 5.30. The quantitative estimate of drug-likeness (QED) is 0.631. The van der Waals surface area contributed by atoms with E-state index in [1.165, 1.54) is 0 Å². The third-order valence-electron chi connectivity index (χ3n) is 2.19. The van der Waals surface area contributed by atoms with Crippen LogP contribution in [0.5, 0.6) is 0 Å². The average molecular weight is 185 g/mol. The molecule has 1 N–H and O–H groups in total. The minimum atomic E-state index is -0.395. The highest BCUT2D eigenvalue weighted by Gasteiger charge is 2.29. The molecule has 1 saturated heterocycles. The molecule has 2 atom stereocenters. The van der Waals surface area contributed by atoms with Gasteiger partial charge < -0.3 is 4.74 Å². The molecule has 0 aromatic carbocycles. The minimum absolute atomic E-state index is 0.0678. The molecule has 0 spiro atoms. The zero-order chi connectivity index (χ0) is 10.1. The number of esters is 1. The van der Waals surface area contributed by atoms with Crippen LogP contribution in [-0.4, -0.2) is 18.2 Å². The standard InChI is InChI=1S/C10H19NO2/c1-7-5-6-8(11-7)13-9(12)10(2,3)4/h7-8,11H,5-6H2,1-4H3. The van der Waals surface area contributed by atoms with Crippen LogP contribution in [-0.2, 0) is 9.53 Å². The van der Waals surface area contributed by atoms with Crippen LogP contribution in [0.3, 0.4) is 0 Å². The molecule has 1 aliphatic rings. The van der Waals surface area contributed by atoms with Crippen LogP contribution in [0.25, 0.3) is 0 Å². The van der Waals surface area contributed by atoms with E-state index < -0.39 is 5.41 Å². The van der Waals surface area contributed by atoms with E-state index in [2.05, 4.69) is 12.2 Å². The molecule has 76 valence electrons. The smallest absolute Gasteiger partial charge is 0.312 e. The van der Waals surface area contributed by atoms with Crippen molar-refractivity contribution in [3.63, 3.8) is 0 Å². The molecule has 0 aliphatic carbocycles. The Morgan fingerprint density at radius 1 is 1.38 bits per heavy atom. The van der Waals surface area contributed by atoms with Crippen LogP contribution in [0.15, 0.2) is 0 Å². The summed E-state index contributed by atoms with van der Waals surface area (Å²) >= 11 is 0. The van der Waals surface area contributed by atoms with Crippen LogP contribution in [0, 0.1) is 5.41 Å². The fraction of sp³-hybridized carbons (Fsp3) is 0.900. The Morgan fingerprint density at radius 3 is 2.38 bits per heavy atom. The van der Waals surface area contributed by atoms with Crippen LogP contribution >= 0.6 is 0 Å². The third kappa shape index (κ3) is 2.99. The first-order valence-electron chi connectivity index (χ1n) is 4.87. The summed E-state index contributed by atoms with van der Waals surface area (Å²) in [7, 11) is 0. The zero-order valence-corrected chi connectivity index (χ0v) is 8.89. The van der Waals surface area contributed by atoms with E-state index in [0.717, 1.165) is 12.8 Å². The fourth-order valence-electron chi connectivity index (χ4n) is 1.28. The molecule has 1 aliphatic heterocycles. The number of nitrogens with one attached hydrogen (secondary N) is 1. The Bertz CT molecular complexity index is 196. The third-order valence-corrected chi connectivity index (χ3v) is 2.19. The summed E-state index contributed by atoms with van der Waals surface area (Å²) in [6, 6.07) is 0.470. The lowest BCUT2D eigenvalue weighted by Crippen LogP contribution is -2.35. The number of carbonyl (C=O) groups excluding carboxylic acids is 1. The molecule has 2 unspecified atom stereocenters. The van der Waals surface area contributed by atoms with Gasteiger partial charge in [0.15, 0.2) is 6.23 Å². The highest BCUT2D eigenvalue weighted by atomic mass is 16.6. The van der Waals surface area contributed by atoms with Crippen LogP contribution in [0.2, 0.25) is 0 Å². The Kier molecular flexibility index (Phi) is 2.96. The van der Waals surface area contributed by atoms with Crippen LogP contribution < -0.4 is 5.32 Å². The second kappa shape index (κ2) is 3.66. The second-order valence-corrected chi connectivity index (χ2v) is 4.79. The lowest BCUT2D eigenvalue weighted by molar-refractivity contribution is -0.159. The van der Waals surface area contributed by atoms with Crippen molar-refractivity contribution in [3.05, 3.63) is 0 Å². The highest BCUT2D eigenvalue weighted by Crippen LogP contribution is 2.19. The molecule has 0 aromatic rings. The topological polar surface area (TPSA) is 38.3 Å². The summed E-state index contributed by atoms with van der Waals surface area (Å²) in [5.41, 5.74) is -0.395. The van der Waals surface area contributed by atoms with Gasteiger partial charge in [-0.05, 0) is 40.5 Å². The molecule has 0 bridgehead atoms. The number of carbonyl (C=O) groups is 1. The monoisotopic (exact) mass is 185 g/mol. The van der Waals surface area contributed by atoms with Crippen molar-refractivity contribution < 1.29 is 9.53 Å². The molecule has 0 amide bonds. The van der Waals surface area contributed by atoms with Crippen LogP contribution in [0.4, 0.5) is 0 Å². The summed E-state index contributed by atoms with van der Waals surface area (Å²) in [6.45, 7) is 7.71. The summed E-state index contributed by atoms with van der Waals surface area (Å²) in [4.78, 5) is 11.5. The summed E-state index contributed by atoms with van der Waals surface area (Å²) in [6.07, 6.45) is 1.95. The maximum absolute atomic E-state index is 11.5. The van der Waals surface area contributed by atoms with E-state index in [-0.39, 0.29) is 12.2 Å². The molecule has 1 rings (SSSR count). The Balaban J connectivity index is 2.37. The van der Waals surface area contributed by atoms with E-state index in [4.69, 9.17) is 4.74 Å². The molecule has 0 saturated carbocycles. The number of hydrogen-bond donors (Lipinski definition) is 1. The predicted octanol–water partition coefficient (Wildman–Crippen LogP) is 1.67. The van der Waals surface area contributed by atoms with Gasteiger partial charge in [0, 0.05) is 6.04 Å². The second-order valence-electron chi connectivity index (χ2n) is 4.79. The van der Waals surface area contributed by atoms with Gasteiger partial charge in [0.1, 0.15) is 0 Å². The molecule has 1 fully saturated rings. The molecule has 1 heterocycles. The first-order chi connectivity index (χ1) is 5.89. The maximum atomic E-state index is 11.5. The molecule has 0 radical (unpaired) electrons.